The van der Waals surface area contributed by atoms with E-state index in [4.69, 9.17) is 9.47 Å². The Bertz CT molecular complexity index is 1970. The molecule has 12 nitrogen and oxygen atoms in total. The molecule has 6 rings (SSSR count). The zero-order valence-electron chi connectivity index (χ0n) is 49.5. The molecule has 12 heteroatoms. The van der Waals surface area contributed by atoms with Crippen molar-refractivity contribution in [2.45, 2.75) is 222 Å². The van der Waals surface area contributed by atoms with Crippen LogP contribution in [0.3, 0.4) is 0 Å². The lowest BCUT2D eigenvalue weighted by Gasteiger charge is -2.73. The van der Waals surface area contributed by atoms with E-state index in [0.717, 1.165) is 51.4 Å². The highest BCUT2D eigenvalue weighted by molar-refractivity contribution is 5.90. The SMILES string of the molecule is C=C(C)[C@@H]1CC[C@]2(CO)CC[C@]3(C)[C@H](CC[C@@H]4[C@@]5(C)CC[C@H](NC(=O)[C@H](C)[C@@H](OC)[C@@H]6CCCN6C(=O)C[C@@H](OC)[C@H]([C@@H](C)CC)N(C)C(=O)[C@@H](NC(=O)[C@H](C(C)C)N(C)C)C(C)C)C(C)(C)[C@@H]5CC[C@]43C)[C@@H]12. The summed E-state index contributed by atoms with van der Waals surface area (Å²) in [4.78, 5) is 63.0. The van der Waals surface area contributed by atoms with Crippen molar-refractivity contribution in [1.82, 2.24) is 25.3 Å². The molecule has 1 heterocycles. The van der Waals surface area contributed by atoms with Gasteiger partial charge in [0.25, 0.3) is 0 Å². The minimum Gasteiger partial charge on any atom is -0.396 e. The topological polar surface area (TPSA) is 141 Å². The van der Waals surface area contributed by atoms with Gasteiger partial charge < -0.3 is 35.0 Å². The first kappa shape index (κ1) is 59.7. The lowest BCUT2D eigenvalue weighted by atomic mass is 9.32. The number of methoxy groups -OCH3 is 2. The summed E-state index contributed by atoms with van der Waals surface area (Å²) in [5.41, 5.74) is 1.85. The summed E-state index contributed by atoms with van der Waals surface area (Å²) < 4.78 is 12.4. The van der Waals surface area contributed by atoms with Crippen molar-refractivity contribution in [3.63, 3.8) is 0 Å². The number of carbonyl (C=O) groups is 4. The first-order chi connectivity index (χ1) is 34.1. The van der Waals surface area contributed by atoms with Gasteiger partial charge in [-0.05, 0) is 172 Å². The van der Waals surface area contributed by atoms with Gasteiger partial charge in [-0.3, -0.25) is 24.1 Å². The van der Waals surface area contributed by atoms with Gasteiger partial charge in [0, 0.05) is 40.5 Å². The predicted molar refractivity (Wildman–Crippen MR) is 293 cm³/mol. The number of nitrogens with one attached hydrogen (secondary N) is 2. The van der Waals surface area contributed by atoms with Crippen LogP contribution in [0.5, 0.6) is 0 Å². The van der Waals surface area contributed by atoms with E-state index in [1.807, 2.05) is 58.5 Å². The van der Waals surface area contributed by atoms with Crippen LogP contribution in [0.4, 0.5) is 0 Å². The number of likely N-dealkylation sites (tertiary alicyclic amines) is 1. The Morgan fingerprint density at radius 3 is 2.03 bits per heavy atom. The maximum absolute atomic E-state index is 14.7. The van der Waals surface area contributed by atoms with Crippen LogP contribution in [0, 0.1) is 80.3 Å². The summed E-state index contributed by atoms with van der Waals surface area (Å²) in [7, 11) is 8.82. The van der Waals surface area contributed by atoms with Gasteiger partial charge in [0.1, 0.15) is 6.04 Å². The van der Waals surface area contributed by atoms with E-state index >= 15 is 0 Å². The van der Waals surface area contributed by atoms with Gasteiger partial charge in [-0.25, -0.2) is 0 Å². The van der Waals surface area contributed by atoms with Crippen LogP contribution in [-0.2, 0) is 28.7 Å². The minimum absolute atomic E-state index is 0.00430. The van der Waals surface area contributed by atoms with Gasteiger partial charge in [-0.15, -0.1) is 0 Å². The standard InChI is InChI=1S/C61H107N5O7/c1-20-39(8)52(65(17)56(71)50(37(4)5)63-55(70)51(38(6)7)64(15)16)44(72-18)34-48(68)66-33-21-22-43(66)53(73-19)40(9)54(69)62-47-27-28-58(12)45(57(47,10)11)26-29-60(14)46(58)24-23-42-49-41(36(2)3)25-30-61(49,35-67)32-31-59(42,60)13/h37-47,49-53,67H,2,20-35H2,1,3-19H3,(H,62,69)(H,63,70)/t39-,40+,41-,42+,43-,44+,45-,46+,47-,49+,50-,51-,52-,53+,58-,59+,60+,61+/m0/s1. The van der Waals surface area contributed by atoms with Crippen LogP contribution in [0.2, 0.25) is 0 Å². The number of hydrogen-bond donors (Lipinski definition) is 3. The highest BCUT2D eigenvalue weighted by Gasteiger charge is 2.71. The van der Waals surface area contributed by atoms with Gasteiger partial charge >= 0.3 is 0 Å². The molecule has 0 aromatic carbocycles. The minimum atomic E-state index is -0.749. The molecule has 5 saturated carbocycles. The second kappa shape index (κ2) is 22.8. The third kappa shape index (κ3) is 10.5. The fourth-order valence-electron chi connectivity index (χ4n) is 18.5. The third-order valence-electron chi connectivity index (χ3n) is 22.9. The van der Waals surface area contributed by atoms with Crippen LogP contribution < -0.4 is 10.6 Å². The maximum Gasteiger partial charge on any atom is 0.245 e. The number of aliphatic hydroxyl groups is 1. The average molecular weight is 1020 g/mol. The van der Waals surface area contributed by atoms with Crippen molar-refractivity contribution in [3.8, 4) is 0 Å². The molecule has 0 spiro atoms. The van der Waals surface area contributed by atoms with Crippen molar-refractivity contribution in [1.29, 1.82) is 0 Å². The summed E-state index contributed by atoms with van der Waals surface area (Å²) in [5, 5.41) is 17.7. The molecule has 0 bridgehead atoms. The first-order valence-electron chi connectivity index (χ1n) is 29.2. The van der Waals surface area contributed by atoms with Gasteiger partial charge in [0.05, 0.1) is 42.7 Å². The number of carbonyl (C=O) groups excluding carboxylic acids is 4. The van der Waals surface area contributed by atoms with Gasteiger partial charge in [0.15, 0.2) is 0 Å². The highest BCUT2D eigenvalue weighted by atomic mass is 16.5. The van der Waals surface area contributed by atoms with E-state index < -0.39 is 30.2 Å². The number of nitrogens with zero attached hydrogens (tertiary/aromatic N) is 3. The molecule has 4 amide bonds. The fraction of sp³-hybridized carbons (Fsp3) is 0.902. The zero-order chi connectivity index (χ0) is 54.5. The maximum atomic E-state index is 14.7. The predicted octanol–water partition coefficient (Wildman–Crippen LogP) is 9.77. The molecule has 18 atom stereocenters. The molecule has 1 saturated heterocycles. The van der Waals surface area contributed by atoms with Crippen LogP contribution >= 0.6 is 0 Å². The van der Waals surface area contributed by atoms with Crippen LogP contribution in [0.1, 0.15) is 180 Å². The number of fused-ring (bicyclic) bond motifs is 7. The first-order valence-corrected chi connectivity index (χ1v) is 29.2. The van der Waals surface area contributed by atoms with Gasteiger partial charge in [-0.1, -0.05) is 102 Å². The molecule has 0 radical (unpaired) electrons. The molecule has 5 aliphatic carbocycles. The van der Waals surface area contributed by atoms with Crippen molar-refractivity contribution in [2.24, 2.45) is 80.3 Å². The number of rotatable bonds is 20. The molecule has 6 fully saturated rings. The Hall–Kier alpha value is -2.54. The molecular formula is C61H107N5O7. The largest absolute Gasteiger partial charge is 0.396 e. The smallest absolute Gasteiger partial charge is 0.245 e. The molecule has 1 aliphatic heterocycles. The Morgan fingerprint density at radius 2 is 1.47 bits per heavy atom. The van der Waals surface area contributed by atoms with E-state index in [9.17, 15) is 24.3 Å². The van der Waals surface area contributed by atoms with Gasteiger partial charge in [-0.2, -0.15) is 0 Å². The number of hydrogen-bond acceptors (Lipinski definition) is 8. The Kier molecular flexibility index (Phi) is 18.7. The Balaban J connectivity index is 1.13. The number of amides is 4. The lowest BCUT2D eigenvalue weighted by Crippen LogP contribution is -2.68. The quantitative estimate of drug-likeness (QED) is 0.103. The molecule has 73 heavy (non-hydrogen) atoms. The average Bonchev–Trinajstić information content (AvgIpc) is 3.97. The number of aliphatic hydroxyl groups excluding tert-OH is 1. The van der Waals surface area contributed by atoms with E-state index in [1.54, 1.807) is 26.2 Å². The summed E-state index contributed by atoms with van der Waals surface area (Å²) in [5.74, 6) is 1.66. The number of likely N-dealkylation sites (N-methyl/N-ethyl adjacent to an activating group) is 2. The van der Waals surface area contributed by atoms with E-state index in [0.29, 0.717) is 42.7 Å². The van der Waals surface area contributed by atoms with E-state index in [-0.39, 0.29) is 93.0 Å². The molecule has 0 unspecified atom stereocenters. The Morgan fingerprint density at radius 1 is 0.795 bits per heavy atom. The van der Waals surface area contributed by atoms with Crippen molar-refractivity contribution >= 4 is 23.6 Å². The van der Waals surface area contributed by atoms with Crippen LogP contribution in [-0.4, -0.2) is 134 Å². The summed E-state index contributed by atoms with van der Waals surface area (Å²) in [6.45, 7) is 34.5. The highest BCUT2D eigenvalue weighted by Crippen LogP contribution is 2.77. The molecule has 3 N–H and O–H groups in total. The fourth-order valence-corrected chi connectivity index (χ4v) is 18.5. The summed E-state index contributed by atoms with van der Waals surface area (Å²) >= 11 is 0. The summed E-state index contributed by atoms with van der Waals surface area (Å²) in [6.07, 6.45) is 12.8. The number of ether oxygens (including phenoxy) is 2. The molecule has 6 aliphatic rings. The molecule has 418 valence electrons. The second-order valence-corrected chi connectivity index (χ2v) is 27.6. The number of allylic oxidation sites excluding steroid dienone is 1. The molecular weight excluding hydrogens is 915 g/mol. The second-order valence-electron chi connectivity index (χ2n) is 27.6. The monoisotopic (exact) mass is 1020 g/mol. The van der Waals surface area contributed by atoms with Crippen LogP contribution in [0.15, 0.2) is 12.2 Å². The Labute approximate surface area is 444 Å². The third-order valence-corrected chi connectivity index (χ3v) is 22.9. The van der Waals surface area contributed by atoms with Crippen LogP contribution in [0.25, 0.3) is 0 Å². The van der Waals surface area contributed by atoms with Crippen molar-refractivity contribution in [3.05, 3.63) is 12.2 Å². The van der Waals surface area contributed by atoms with E-state index in [1.165, 1.54) is 37.7 Å². The zero-order valence-corrected chi connectivity index (χ0v) is 49.5. The lowest BCUT2D eigenvalue weighted by molar-refractivity contribution is -0.241. The van der Waals surface area contributed by atoms with Crippen molar-refractivity contribution < 1.29 is 33.8 Å². The normalized spacial score (nSPS) is 36.7. The molecule has 0 aromatic heterocycles. The van der Waals surface area contributed by atoms with Gasteiger partial charge in [0.2, 0.25) is 23.6 Å². The molecule has 0 aromatic rings. The van der Waals surface area contributed by atoms with Crippen molar-refractivity contribution in [2.75, 3.05) is 48.5 Å². The van der Waals surface area contributed by atoms with E-state index in [2.05, 4.69) is 72.6 Å². The summed E-state index contributed by atoms with van der Waals surface area (Å²) in [6, 6.07) is -1.82.